The Morgan fingerprint density at radius 1 is 0.685 bits per heavy atom. The summed E-state index contributed by atoms with van der Waals surface area (Å²) in [7, 11) is 1.41. The van der Waals surface area contributed by atoms with E-state index in [1.807, 2.05) is 54.6 Å². The molecule has 0 N–H and O–H groups in total. The van der Waals surface area contributed by atoms with Crippen molar-refractivity contribution in [3.05, 3.63) is 192 Å². The standard InChI is InChI=1S/C48H50O6/c1-35-42(43(35)34-53-48(38-22-12-5-13-23-38,39-24-14-6-15-25-39)40-26-16-7-17-27-40)28-29-44-47(52-33-37-20-10-4-11-21-37)45(30-41(54-44)31-46(49)50-2)51-32-36-18-8-3-9-19-36/h3-29,35,41-45,47H,30-34H2,1-2H3/b29-28+/t35-,41-,42-,43-,44-,45-,47-/m0/s1. The highest BCUT2D eigenvalue weighted by atomic mass is 16.6. The van der Waals surface area contributed by atoms with E-state index in [9.17, 15) is 4.79 Å². The number of benzene rings is 5. The summed E-state index contributed by atoms with van der Waals surface area (Å²) in [6.07, 6.45) is 3.59. The topological polar surface area (TPSA) is 63.2 Å². The zero-order valence-corrected chi connectivity index (χ0v) is 31.1. The van der Waals surface area contributed by atoms with Crippen LogP contribution in [0.5, 0.6) is 0 Å². The van der Waals surface area contributed by atoms with Crippen LogP contribution in [-0.2, 0) is 47.3 Å². The molecule has 1 saturated carbocycles. The van der Waals surface area contributed by atoms with Gasteiger partial charge in [-0.25, -0.2) is 0 Å². The van der Waals surface area contributed by atoms with E-state index in [0.717, 1.165) is 27.8 Å². The maximum absolute atomic E-state index is 12.5. The SMILES string of the molecule is COC(=O)C[C@@H]1C[C@H](OCc2ccccc2)[C@@H](OCc2ccccc2)[C@H](/C=C/[C@H]2[C@H](C)[C@@H]2COC(c2ccccc2)(c2ccccc2)c2ccccc2)O1. The normalized spacial score (nSPS) is 23.9. The van der Waals surface area contributed by atoms with Crippen LogP contribution in [0.15, 0.2) is 164 Å². The zero-order chi connectivity index (χ0) is 37.2. The maximum Gasteiger partial charge on any atom is 0.308 e. The van der Waals surface area contributed by atoms with Crippen molar-refractivity contribution in [3.63, 3.8) is 0 Å². The van der Waals surface area contributed by atoms with Crippen molar-refractivity contribution in [3.8, 4) is 0 Å². The van der Waals surface area contributed by atoms with E-state index in [0.29, 0.717) is 38.1 Å². The minimum Gasteiger partial charge on any atom is -0.469 e. The van der Waals surface area contributed by atoms with E-state index in [4.69, 9.17) is 23.7 Å². The first-order valence-corrected chi connectivity index (χ1v) is 19.1. The summed E-state index contributed by atoms with van der Waals surface area (Å²) in [6, 6.07) is 51.9. The summed E-state index contributed by atoms with van der Waals surface area (Å²) in [5, 5.41) is 0. The third-order valence-corrected chi connectivity index (χ3v) is 10.9. The van der Waals surface area contributed by atoms with Gasteiger partial charge in [0.1, 0.15) is 17.8 Å². The van der Waals surface area contributed by atoms with E-state index < -0.39 is 11.7 Å². The fourth-order valence-electron chi connectivity index (χ4n) is 7.81. The van der Waals surface area contributed by atoms with Crippen LogP contribution in [0, 0.1) is 17.8 Å². The molecule has 54 heavy (non-hydrogen) atoms. The molecule has 7 atom stereocenters. The summed E-state index contributed by atoms with van der Waals surface area (Å²) in [5.41, 5.74) is 4.66. The molecule has 0 amide bonds. The Balaban J connectivity index is 1.13. The number of esters is 1. The lowest BCUT2D eigenvalue weighted by Gasteiger charge is -2.40. The first kappa shape index (κ1) is 37.5. The predicted octanol–water partition coefficient (Wildman–Crippen LogP) is 9.32. The van der Waals surface area contributed by atoms with Crippen LogP contribution in [0.4, 0.5) is 0 Å². The molecule has 6 nitrogen and oxygen atoms in total. The van der Waals surface area contributed by atoms with Crippen LogP contribution in [0.25, 0.3) is 0 Å². The van der Waals surface area contributed by atoms with E-state index in [2.05, 4.69) is 116 Å². The number of hydrogen-bond donors (Lipinski definition) is 0. The summed E-state index contributed by atoms with van der Waals surface area (Å²) in [5.74, 6) is 0.692. The number of methoxy groups -OCH3 is 1. The van der Waals surface area contributed by atoms with Gasteiger partial charge in [-0.05, 0) is 45.6 Å². The van der Waals surface area contributed by atoms with Gasteiger partial charge in [-0.3, -0.25) is 4.79 Å². The van der Waals surface area contributed by atoms with Gasteiger partial charge < -0.3 is 23.7 Å². The second-order valence-corrected chi connectivity index (χ2v) is 14.4. The van der Waals surface area contributed by atoms with Gasteiger partial charge in [-0.15, -0.1) is 0 Å². The minimum absolute atomic E-state index is 0.147. The fourth-order valence-corrected chi connectivity index (χ4v) is 7.81. The van der Waals surface area contributed by atoms with E-state index >= 15 is 0 Å². The molecule has 278 valence electrons. The van der Waals surface area contributed by atoms with Gasteiger partial charge in [-0.2, -0.15) is 0 Å². The van der Waals surface area contributed by atoms with Crippen LogP contribution >= 0.6 is 0 Å². The van der Waals surface area contributed by atoms with Crippen LogP contribution in [-0.4, -0.2) is 44.1 Å². The predicted molar refractivity (Wildman–Crippen MR) is 210 cm³/mol. The second kappa shape index (κ2) is 18.0. The molecule has 5 aromatic carbocycles. The van der Waals surface area contributed by atoms with Crippen molar-refractivity contribution in [2.24, 2.45) is 17.8 Å². The molecule has 0 unspecified atom stereocenters. The molecule has 7 rings (SSSR count). The molecular formula is C48H50O6. The van der Waals surface area contributed by atoms with Crippen LogP contribution < -0.4 is 0 Å². The highest BCUT2D eigenvalue weighted by molar-refractivity contribution is 5.69. The van der Waals surface area contributed by atoms with Gasteiger partial charge in [-0.1, -0.05) is 171 Å². The first-order valence-electron chi connectivity index (χ1n) is 19.1. The average Bonchev–Trinajstić information content (AvgIpc) is 3.87. The molecule has 1 aliphatic carbocycles. The monoisotopic (exact) mass is 722 g/mol. The second-order valence-electron chi connectivity index (χ2n) is 14.4. The van der Waals surface area contributed by atoms with Crippen molar-refractivity contribution in [1.82, 2.24) is 0 Å². The Morgan fingerprint density at radius 3 is 1.67 bits per heavy atom. The Hall–Kier alpha value is -4.85. The first-order chi connectivity index (χ1) is 26.5. The smallest absolute Gasteiger partial charge is 0.308 e. The maximum atomic E-state index is 12.5. The molecule has 0 radical (unpaired) electrons. The molecule has 5 aromatic rings. The fraction of sp³-hybridized carbons (Fsp3) is 0.312. The lowest BCUT2D eigenvalue weighted by Crippen LogP contribution is -2.50. The molecule has 1 saturated heterocycles. The van der Waals surface area contributed by atoms with Gasteiger partial charge >= 0.3 is 5.97 Å². The lowest BCUT2D eigenvalue weighted by molar-refractivity contribution is -0.198. The number of allylic oxidation sites excluding steroid dienone is 1. The molecule has 0 bridgehead atoms. The van der Waals surface area contributed by atoms with Gasteiger partial charge in [0.25, 0.3) is 0 Å². The minimum atomic E-state index is -0.770. The van der Waals surface area contributed by atoms with Crippen molar-refractivity contribution in [1.29, 1.82) is 0 Å². The Morgan fingerprint density at radius 2 is 1.17 bits per heavy atom. The van der Waals surface area contributed by atoms with Crippen LogP contribution in [0.2, 0.25) is 0 Å². The van der Waals surface area contributed by atoms with E-state index in [1.54, 1.807) is 0 Å². The number of rotatable bonds is 16. The number of ether oxygens (including phenoxy) is 5. The average molecular weight is 723 g/mol. The largest absolute Gasteiger partial charge is 0.469 e. The number of carbonyl (C=O) groups excluding carboxylic acids is 1. The molecule has 6 heteroatoms. The third kappa shape index (κ3) is 8.91. The molecular weight excluding hydrogens is 673 g/mol. The molecule has 1 aliphatic heterocycles. The highest BCUT2D eigenvalue weighted by Gasteiger charge is 2.48. The molecule has 0 spiro atoms. The van der Waals surface area contributed by atoms with Crippen molar-refractivity contribution >= 4 is 5.97 Å². The van der Waals surface area contributed by atoms with E-state index in [1.165, 1.54) is 7.11 Å². The van der Waals surface area contributed by atoms with Gasteiger partial charge in [0.2, 0.25) is 0 Å². The third-order valence-electron chi connectivity index (χ3n) is 10.9. The quantitative estimate of drug-likeness (QED) is 0.0575. The molecule has 1 heterocycles. The Bertz CT molecular complexity index is 1800. The number of hydrogen-bond acceptors (Lipinski definition) is 6. The highest BCUT2D eigenvalue weighted by Crippen LogP contribution is 2.50. The summed E-state index contributed by atoms with van der Waals surface area (Å²) >= 11 is 0. The van der Waals surface area contributed by atoms with Gasteiger partial charge in [0.15, 0.2) is 0 Å². The van der Waals surface area contributed by atoms with Gasteiger partial charge in [0, 0.05) is 6.42 Å². The molecule has 0 aromatic heterocycles. The summed E-state index contributed by atoms with van der Waals surface area (Å²) < 4.78 is 32.2. The van der Waals surface area contributed by atoms with Crippen LogP contribution in [0.3, 0.4) is 0 Å². The molecule has 2 fully saturated rings. The Kier molecular flexibility index (Phi) is 12.5. The van der Waals surface area contributed by atoms with Crippen molar-refractivity contribution < 1.29 is 28.5 Å². The summed E-state index contributed by atoms with van der Waals surface area (Å²) in [4.78, 5) is 12.5. The van der Waals surface area contributed by atoms with Crippen LogP contribution in [0.1, 0.15) is 47.6 Å². The van der Waals surface area contributed by atoms with Crippen molar-refractivity contribution in [2.45, 2.75) is 63.0 Å². The lowest BCUT2D eigenvalue weighted by atomic mass is 9.80. The molecule has 2 aliphatic rings. The van der Waals surface area contributed by atoms with Crippen molar-refractivity contribution in [2.75, 3.05) is 13.7 Å². The summed E-state index contributed by atoms with van der Waals surface area (Å²) in [6.45, 7) is 3.71. The van der Waals surface area contributed by atoms with Gasteiger partial charge in [0.05, 0.1) is 45.6 Å². The Labute approximate surface area is 319 Å². The number of carbonyl (C=O) groups is 1. The zero-order valence-electron chi connectivity index (χ0n) is 31.1. The van der Waals surface area contributed by atoms with E-state index in [-0.39, 0.29) is 36.6 Å².